The Morgan fingerprint density at radius 1 is 1.70 bits per heavy atom. The standard InChI is InChI=1S/C4H3N3O2.ClH/c8-1-3(9)4-5-2-6-7-4;/h1-2H,(H,5,6,7);1H. The number of Topliss-reactive ketones (excluding diaryl/α,β-unsaturated/α-hetero) is 1. The number of hydrogen-bond acceptors (Lipinski definition) is 4. The van der Waals surface area contributed by atoms with Gasteiger partial charge in [0.2, 0.25) is 5.82 Å². The van der Waals surface area contributed by atoms with Crippen LogP contribution in [0.2, 0.25) is 0 Å². The number of nitrogens with zero attached hydrogens (tertiary/aromatic N) is 2. The molecule has 54 valence electrons. The van der Waals surface area contributed by atoms with E-state index in [0.717, 1.165) is 0 Å². The highest BCUT2D eigenvalue weighted by molar-refractivity contribution is 6.31. The molecule has 0 fully saturated rings. The third-order valence-electron chi connectivity index (χ3n) is 0.757. The van der Waals surface area contributed by atoms with Gasteiger partial charge in [0, 0.05) is 0 Å². The van der Waals surface area contributed by atoms with Crippen molar-refractivity contribution in [1.29, 1.82) is 0 Å². The second-order valence-electron chi connectivity index (χ2n) is 1.32. The fraction of sp³-hybridized carbons (Fsp3) is 0. The molecule has 1 rings (SSSR count). The van der Waals surface area contributed by atoms with E-state index in [-0.39, 0.29) is 24.5 Å². The third kappa shape index (κ3) is 1.63. The molecule has 0 aliphatic rings. The highest BCUT2D eigenvalue weighted by atomic mass is 35.5. The van der Waals surface area contributed by atoms with Gasteiger partial charge in [-0.3, -0.25) is 9.59 Å². The Morgan fingerprint density at radius 2 is 2.40 bits per heavy atom. The molecule has 0 aliphatic heterocycles. The predicted octanol–water partition coefficient (Wildman–Crippen LogP) is -0.392. The largest absolute Gasteiger partial charge is 0.325 e. The number of aromatic nitrogens is 3. The van der Waals surface area contributed by atoms with Gasteiger partial charge in [0.05, 0.1) is 0 Å². The highest BCUT2D eigenvalue weighted by Crippen LogP contribution is 1.82. The number of hydrogen-bond donors (Lipinski definition) is 1. The molecule has 0 amide bonds. The lowest BCUT2D eigenvalue weighted by atomic mass is 10.4. The van der Waals surface area contributed by atoms with E-state index < -0.39 is 5.78 Å². The first-order valence-corrected chi connectivity index (χ1v) is 2.20. The summed E-state index contributed by atoms with van der Waals surface area (Å²) in [7, 11) is 0. The smallest absolute Gasteiger partial charge is 0.262 e. The Labute approximate surface area is 62.3 Å². The number of aromatic amines is 1. The van der Waals surface area contributed by atoms with Crippen LogP contribution in [0.15, 0.2) is 6.33 Å². The maximum Gasteiger partial charge on any atom is 0.262 e. The molecule has 1 N–H and O–H groups in total. The molecule has 0 saturated carbocycles. The van der Waals surface area contributed by atoms with Crippen LogP contribution in [-0.4, -0.2) is 27.3 Å². The van der Waals surface area contributed by atoms with Gasteiger partial charge in [0.25, 0.3) is 5.78 Å². The van der Waals surface area contributed by atoms with Crippen LogP contribution in [0.4, 0.5) is 0 Å². The summed E-state index contributed by atoms with van der Waals surface area (Å²) in [6.07, 6.45) is 1.41. The van der Waals surface area contributed by atoms with Crippen LogP contribution < -0.4 is 0 Å². The normalized spacial score (nSPS) is 8.00. The predicted molar refractivity (Wildman–Crippen MR) is 34.0 cm³/mol. The Balaban J connectivity index is 0.000000810. The van der Waals surface area contributed by atoms with Crippen LogP contribution in [-0.2, 0) is 4.79 Å². The first kappa shape index (κ1) is 8.77. The molecule has 0 unspecified atom stereocenters. The van der Waals surface area contributed by atoms with Crippen molar-refractivity contribution in [3.05, 3.63) is 12.2 Å². The molecule has 10 heavy (non-hydrogen) atoms. The lowest BCUT2D eigenvalue weighted by molar-refractivity contribution is -0.104. The maximum atomic E-state index is 10.4. The summed E-state index contributed by atoms with van der Waals surface area (Å²) in [6.45, 7) is 0. The summed E-state index contributed by atoms with van der Waals surface area (Å²) in [5, 5.41) is 6.61. The lowest BCUT2D eigenvalue weighted by Crippen LogP contribution is -2.01. The van der Waals surface area contributed by atoms with Gasteiger partial charge in [-0.15, -0.1) is 22.6 Å². The fourth-order valence-electron chi connectivity index (χ4n) is 0.382. The number of rotatable bonds is 2. The number of ketones is 1. The van der Waals surface area contributed by atoms with Gasteiger partial charge in [-0.05, 0) is 0 Å². The van der Waals surface area contributed by atoms with E-state index in [1.807, 2.05) is 0 Å². The van der Waals surface area contributed by atoms with Crippen molar-refractivity contribution < 1.29 is 9.59 Å². The quantitative estimate of drug-likeness (QED) is 0.364. The van der Waals surface area contributed by atoms with Crippen LogP contribution in [0.1, 0.15) is 10.6 Å². The van der Waals surface area contributed by atoms with E-state index in [1.54, 1.807) is 0 Å². The highest BCUT2D eigenvalue weighted by Gasteiger charge is 2.04. The lowest BCUT2D eigenvalue weighted by Gasteiger charge is -1.77. The van der Waals surface area contributed by atoms with Gasteiger partial charge in [-0.25, -0.2) is 0 Å². The molecule has 0 bridgehead atoms. The van der Waals surface area contributed by atoms with Crippen molar-refractivity contribution in [3.63, 3.8) is 0 Å². The number of carbonyl (C=O) groups excluding carboxylic acids is 2. The summed E-state index contributed by atoms with van der Waals surface area (Å²) in [5.74, 6) is -0.711. The maximum absolute atomic E-state index is 10.4. The summed E-state index contributed by atoms with van der Waals surface area (Å²) >= 11 is 0. The van der Waals surface area contributed by atoms with Crippen LogP contribution in [0.5, 0.6) is 0 Å². The molecule has 0 atom stereocenters. The molecule has 1 aromatic heterocycles. The minimum Gasteiger partial charge on any atom is -0.325 e. The second kappa shape index (κ2) is 3.73. The van der Waals surface area contributed by atoms with Gasteiger partial charge in [0.1, 0.15) is 6.33 Å². The summed E-state index contributed by atoms with van der Waals surface area (Å²) in [6, 6.07) is 0. The van der Waals surface area contributed by atoms with E-state index in [2.05, 4.69) is 15.2 Å². The van der Waals surface area contributed by atoms with Gasteiger partial charge >= 0.3 is 0 Å². The molecule has 0 spiro atoms. The first-order valence-electron chi connectivity index (χ1n) is 2.20. The fourth-order valence-corrected chi connectivity index (χ4v) is 0.382. The molecular formula is C4H4ClN3O2. The van der Waals surface area contributed by atoms with E-state index in [9.17, 15) is 9.59 Å². The van der Waals surface area contributed by atoms with Crippen molar-refractivity contribution >= 4 is 24.5 Å². The summed E-state index contributed by atoms with van der Waals surface area (Å²) in [4.78, 5) is 22.5. The molecule has 1 heterocycles. The Bertz CT molecular complexity index is 220. The molecule has 0 aliphatic carbocycles. The van der Waals surface area contributed by atoms with Gasteiger partial charge in [-0.2, -0.15) is 0 Å². The summed E-state index contributed by atoms with van der Waals surface area (Å²) in [5.41, 5.74) is 0. The van der Waals surface area contributed by atoms with Gasteiger partial charge in [0.15, 0.2) is 6.29 Å². The van der Waals surface area contributed by atoms with Crippen LogP contribution in [0.3, 0.4) is 0 Å². The van der Waals surface area contributed by atoms with E-state index in [1.165, 1.54) is 6.33 Å². The van der Waals surface area contributed by atoms with E-state index in [4.69, 9.17) is 0 Å². The van der Waals surface area contributed by atoms with Crippen molar-refractivity contribution in [1.82, 2.24) is 15.2 Å². The molecule has 0 radical (unpaired) electrons. The third-order valence-corrected chi connectivity index (χ3v) is 0.757. The van der Waals surface area contributed by atoms with Crippen LogP contribution >= 0.6 is 12.4 Å². The SMILES string of the molecule is Cl.O=CC(=O)c1nnc[nH]1. The molecule has 0 aromatic carbocycles. The van der Waals surface area contributed by atoms with Gasteiger partial charge in [-0.1, -0.05) is 0 Å². The van der Waals surface area contributed by atoms with Crippen molar-refractivity contribution in [2.75, 3.05) is 0 Å². The number of halogens is 1. The van der Waals surface area contributed by atoms with Crippen LogP contribution in [0, 0.1) is 0 Å². The van der Waals surface area contributed by atoms with E-state index >= 15 is 0 Å². The number of carbonyl (C=O) groups is 2. The average molecular weight is 162 g/mol. The minimum atomic E-state index is -0.688. The van der Waals surface area contributed by atoms with Crippen molar-refractivity contribution in [2.24, 2.45) is 0 Å². The van der Waals surface area contributed by atoms with Crippen molar-refractivity contribution in [2.45, 2.75) is 0 Å². The Kier molecular flexibility index (Phi) is 3.27. The molecule has 6 heteroatoms. The molecule has 5 nitrogen and oxygen atoms in total. The zero-order valence-electron chi connectivity index (χ0n) is 4.77. The topological polar surface area (TPSA) is 75.7 Å². The number of nitrogens with one attached hydrogen (secondary N) is 1. The minimum absolute atomic E-state index is 0. The number of aldehydes is 1. The van der Waals surface area contributed by atoms with Gasteiger partial charge < -0.3 is 4.98 Å². The zero-order chi connectivity index (χ0) is 6.69. The summed E-state index contributed by atoms with van der Waals surface area (Å²) < 4.78 is 0. The Hall–Kier alpha value is -1.23. The zero-order valence-corrected chi connectivity index (χ0v) is 5.59. The number of H-pyrrole nitrogens is 1. The average Bonchev–Trinajstić information content (AvgIpc) is 2.37. The Morgan fingerprint density at radius 3 is 2.80 bits per heavy atom. The molecule has 0 saturated heterocycles. The molecular weight excluding hydrogens is 158 g/mol. The molecule has 1 aromatic rings. The van der Waals surface area contributed by atoms with E-state index in [0.29, 0.717) is 0 Å². The first-order chi connectivity index (χ1) is 4.34. The van der Waals surface area contributed by atoms with Crippen LogP contribution in [0.25, 0.3) is 0 Å². The van der Waals surface area contributed by atoms with Crippen molar-refractivity contribution in [3.8, 4) is 0 Å². The second-order valence-corrected chi connectivity index (χ2v) is 1.32. The monoisotopic (exact) mass is 161 g/mol.